The Labute approximate surface area is 80.3 Å². The van der Waals surface area contributed by atoms with Crippen molar-refractivity contribution in [3.63, 3.8) is 0 Å². The van der Waals surface area contributed by atoms with Crippen LogP contribution in [0.3, 0.4) is 0 Å². The molecule has 0 aromatic carbocycles. The van der Waals surface area contributed by atoms with E-state index in [4.69, 9.17) is 10.2 Å². The zero-order valence-corrected chi connectivity index (χ0v) is 7.77. The van der Waals surface area contributed by atoms with Gasteiger partial charge in [-0.3, -0.25) is 0 Å². The molecule has 0 fully saturated rings. The molecule has 1 unspecified atom stereocenters. The summed E-state index contributed by atoms with van der Waals surface area (Å²) in [7, 11) is 1.79. The van der Waals surface area contributed by atoms with Gasteiger partial charge in [0.1, 0.15) is 11.6 Å². The first-order chi connectivity index (χ1) is 6.65. The van der Waals surface area contributed by atoms with Gasteiger partial charge in [-0.25, -0.2) is 0 Å². The molecule has 0 amide bonds. The molecule has 5 heteroatoms. The third-order valence-corrected chi connectivity index (χ3v) is 2.24. The predicted octanol–water partition coefficient (Wildman–Crippen LogP) is 0.469. The normalized spacial score (nSPS) is 13.6. The topological polar surface area (TPSA) is 84.5 Å². The van der Waals surface area contributed by atoms with Crippen LogP contribution in [0.5, 0.6) is 5.75 Å². The lowest BCUT2D eigenvalue weighted by atomic mass is 10.2. The SMILES string of the molecule is Cn1ccc2oc(C(O)CN)c(O)c21. The summed E-state index contributed by atoms with van der Waals surface area (Å²) >= 11 is 0. The minimum atomic E-state index is -0.956. The van der Waals surface area contributed by atoms with Crippen LogP contribution in [0, 0.1) is 0 Å². The van der Waals surface area contributed by atoms with Crippen molar-refractivity contribution in [3.05, 3.63) is 18.0 Å². The van der Waals surface area contributed by atoms with Crippen LogP contribution in [0.25, 0.3) is 11.1 Å². The molecular formula is C9H12N2O3. The largest absolute Gasteiger partial charge is 0.503 e. The zero-order chi connectivity index (χ0) is 10.3. The first-order valence-electron chi connectivity index (χ1n) is 4.30. The summed E-state index contributed by atoms with van der Waals surface area (Å²) in [6, 6.07) is 1.72. The number of aromatic nitrogens is 1. The van der Waals surface area contributed by atoms with E-state index in [0.717, 1.165) is 0 Å². The summed E-state index contributed by atoms with van der Waals surface area (Å²) in [5, 5.41) is 19.2. The van der Waals surface area contributed by atoms with E-state index in [1.54, 1.807) is 23.9 Å². The number of hydrogen-bond donors (Lipinski definition) is 3. The lowest BCUT2D eigenvalue weighted by molar-refractivity contribution is 0.155. The Hall–Kier alpha value is -1.46. The van der Waals surface area contributed by atoms with Crippen molar-refractivity contribution >= 4 is 11.1 Å². The number of aliphatic hydroxyl groups excluding tert-OH is 1. The number of aryl methyl sites for hydroxylation is 1. The minimum absolute atomic E-state index is 0.0212. The van der Waals surface area contributed by atoms with Crippen LogP contribution in [0.4, 0.5) is 0 Å². The standard InChI is InChI=1S/C9H12N2O3/c1-11-3-2-6-7(11)8(13)9(14-6)5(12)4-10/h2-3,5,12-13H,4,10H2,1H3. The molecule has 1 atom stereocenters. The summed E-state index contributed by atoms with van der Waals surface area (Å²) in [4.78, 5) is 0. The fourth-order valence-corrected chi connectivity index (χ4v) is 1.49. The summed E-state index contributed by atoms with van der Waals surface area (Å²) in [6.07, 6.45) is 0.814. The smallest absolute Gasteiger partial charge is 0.184 e. The molecule has 0 aliphatic heterocycles. The van der Waals surface area contributed by atoms with E-state index in [1.165, 1.54) is 0 Å². The Kier molecular flexibility index (Phi) is 1.98. The van der Waals surface area contributed by atoms with Gasteiger partial charge in [0.2, 0.25) is 0 Å². The summed E-state index contributed by atoms with van der Waals surface area (Å²) in [6.45, 7) is 0.0212. The van der Waals surface area contributed by atoms with Gasteiger partial charge in [0, 0.05) is 19.8 Å². The molecule has 2 aromatic rings. The molecule has 0 saturated carbocycles. The number of fused-ring (bicyclic) bond motifs is 1. The zero-order valence-electron chi connectivity index (χ0n) is 7.77. The summed E-state index contributed by atoms with van der Waals surface area (Å²) in [5.74, 6) is 0.0964. The molecule has 4 N–H and O–H groups in total. The average Bonchev–Trinajstić information content (AvgIpc) is 2.68. The highest BCUT2D eigenvalue weighted by Gasteiger charge is 2.21. The molecule has 0 spiro atoms. The van der Waals surface area contributed by atoms with E-state index in [-0.39, 0.29) is 18.1 Å². The first-order valence-corrected chi connectivity index (χ1v) is 4.30. The van der Waals surface area contributed by atoms with Gasteiger partial charge in [-0.15, -0.1) is 0 Å². The van der Waals surface area contributed by atoms with Crippen LogP contribution in [-0.4, -0.2) is 21.3 Å². The molecule has 0 bridgehead atoms. The van der Waals surface area contributed by atoms with Crippen LogP contribution in [0.15, 0.2) is 16.7 Å². The molecule has 14 heavy (non-hydrogen) atoms. The summed E-state index contributed by atoms with van der Waals surface area (Å²) < 4.78 is 6.99. The van der Waals surface area contributed by atoms with Crippen LogP contribution in [0.1, 0.15) is 11.9 Å². The molecule has 0 aliphatic rings. The van der Waals surface area contributed by atoms with E-state index in [9.17, 15) is 10.2 Å². The number of nitrogens with two attached hydrogens (primary N) is 1. The number of nitrogens with zero attached hydrogens (tertiary/aromatic N) is 1. The van der Waals surface area contributed by atoms with Crippen LogP contribution in [0.2, 0.25) is 0 Å². The number of aliphatic hydroxyl groups is 1. The molecule has 0 radical (unpaired) electrons. The van der Waals surface area contributed by atoms with Gasteiger partial charge in [0.15, 0.2) is 17.1 Å². The maximum absolute atomic E-state index is 9.73. The van der Waals surface area contributed by atoms with Gasteiger partial charge < -0.3 is 24.9 Å². The second kappa shape index (κ2) is 3.04. The highest BCUT2D eigenvalue weighted by Crippen LogP contribution is 2.35. The van der Waals surface area contributed by atoms with E-state index in [1.807, 2.05) is 0 Å². The molecule has 0 aliphatic carbocycles. The van der Waals surface area contributed by atoms with Gasteiger partial charge >= 0.3 is 0 Å². The third kappa shape index (κ3) is 1.10. The molecular weight excluding hydrogens is 184 g/mol. The van der Waals surface area contributed by atoms with E-state index in [2.05, 4.69) is 0 Å². The Morgan fingerprint density at radius 2 is 2.36 bits per heavy atom. The third-order valence-electron chi connectivity index (χ3n) is 2.24. The van der Waals surface area contributed by atoms with Crippen molar-refractivity contribution in [2.75, 3.05) is 6.54 Å². The maximum atomic E-state index is 9.73. The van der Waals surface area contributed by atoms with Crippen LogP contribution in [-0.2, 0) is 7.05 Å². The Morgan fingerprint density at radius 1 is 1.64 bits per heavy atom. The molecule has 76 valence electrons. The molecule has 5 nitrogen and oxygen atoms in total. The quantitative estimate of drug-likeness (QED) is 0.651. The Morgan fingerprint density at radius 3 is 2.93 bits per heavy atom. The van der Waals surface area contributed by atoms with Gasteiger partial charge in [0.05, 0.1) is 0 Å². The number of hydrogen-bond acceptors (Lipinski definition) is 4. The number of furan rings is 1. The maximum Gasteiger partial charge on any atom is 0.184 e. The predicted molar refractivity (Wildman–Crippen MR) is 50.9 cm³/mol. The highest BCUT2D eigenvalue weighted by atomic mass is 16.4. The highest BCUT2D eigenvalue weighted by molar-refractivity contribution is 5.82. The second-order valence-electron chi connectivity index (χ2n) is 3.21. The monoisotopic (exact) mass is 196 g/mol. The number of rotatable bonds is 2. The van der Waals surface area contributed by atoms with Crippen molar-refractivity contribution < 1.29 is 14.6 Å². The van der Waals surface area contributed by atoms with Crippen molar-refractivity contribution in [2.24, 2.45) is 12.8 Å². The molecule has 2 rings (SSSR count). The van der Waals surface area contributed by atoms with Crippen molar-refractivity contribution in [3.8, 4) is 5.75 Å². The summed E-state index contributed by atoms with van der Waals surface area (Å²) in [5.41, 5.74) is 6.40. The Balaban J connectivity index is 2.63. The average molecular weight is 196 g/mol. The van der Waals surface area contributed by atoms with E-state index < -0.39 is 6.10 Å². The van der Waals surface area contributed by atoms with Crippen LogP contribution < -0.4 is 5.73 Å². The lowest BCUT2D eigenvalue weighted by Crippen LogP contribution is -2.10. The van der Waals surface area contributed by atoms with Crippen LogP contribution >= 0.6 is 0 Å². The fraction of sp³-hybridized carbons (Fsp3) is 0.333. The second-order valence-corrected chi connectivity index (χ2v) is 3.21. The Bertz CT molecular complexity index is 458. The van der Waals surface area contributed by atoms with Gasteiger partial charge in [-0.1, -0.05) is 0 Å². The van der Waals surface area contributed by atoms with Gasteiger partial charge in [-0.2, -0.15) is 0 Å². The lowest BCUT2D eigenvalue weighted by Gasteiger charge is -2.03. The first kappa shape index (κ1) is 9.11. The molecule has 0 saturated heterocycles. The van der Waals surface area contributed by atoms with Gasteiger partial charge in [-0.05, 0) is 6.07 Å². The molecule has 2 heterocycles. The van der Waals surface area contributed by atoms with Crippen molar-refractivity contribution in [1.29, 1.82) is 0 Å². The minimum Gasteiger partial charge on any atom is -0.503 e. The number of aromatic hydroxyl groups is 1. The fourth-order valence-electron chi connectivity index (χ4n) is 1.49. The van der Waals surface area contributed by atoms with Crippen molar-refractivity contribution in [2.45, 2.75) is 6.10 Å². The van der Waals surface area contributed by atoms with E-state index >= 15 is 0 Å². The van der Waals surface area contributed by atoms with Crippen molar-refractivity contribution in [1.82, 2.24) is 4.57 Å². The van der Waals surface area contributed by atoms with Gasteiger partial charge in [0.25, 0.3) is 0 Å². The molecule has 2 aromatic heterocycles. The van der Waals surface area contributed by atoms with E-state index in [0.29, 0.717) is 11.1 Å².